The number of anilines is 1. The van der Waals surface area contributed by atoms with E-state index in [2.05, 4.69) is 15.5 Å². The summed E-state index contributed by atoms with van der Waals surface area (Å²) in [7, 11) is 0. The zero-order chi connectivity index (χ0) is 20.4. The van der Waals surface area contributed by atoms with Crippen LogP contribution >= 0.6 is 11.8 Å². The number of amides is 1. The van der Waals surface area contributed by atoms with Crippen molar-refractivity contribution in [1.82, 2.24) is 19.2 Å². The minimum Gasteiger partial charge on any atom is -0.325 e. The Balaban J connectivity index is 1.53. The van der Waals surface area contributed by atoms with E-state index in [1.54, 1.807) is 18.3 Å². The van der Waals surface area contributed by atoms with Crippen LogP contribution in [0.5, 0.6) is 0 Å². The molecule has 0 atom stereocenters. The highest BCUT2D eigenvalue weighted by molar-refractivity contribution is 7.99. The molecule has 146 valence electrons. The fourth-order valence-corrected chi connectivity index (χ4v) is 3.40. The van der Waals surface area contributed by atoms with Gasteiger partial charge in [0.2, 0.25) is 11.6 Å². The number of hydrogen-bond donors (Lipinski definition) is 1. The Bertz CT molecular complexity index is 1270. The van der Waals surface area contributed by atoms with Gasteiger partial charge in [-0.1, -0.05) is 23.9 Å². The van der Waals surface area contributed by atoms with E-state index < -0.39 is 17.2 Å². The van der Waals surface area contributed by atoms with Gasteiger partial charge in [-0.15, -0.1) is 10.2 Å². The van der Waals surface area contributed by atoms with Crippen molar-refractivity contribution < 1.29 is 13.6 Å². The number of carbonyl (C=O) groups excluding carboxylic acids is 1. The lowest BCUT2D eigenvalue weighted by molar-refractivity contribution is -0.113. The number of fused-ring (bicyclic) bond motifs is 1. The average Bonchev–Trinajstić information content (AvgIpc) is 3.11. The third kappa shape index (κ3) is 4.02. The first-order valence-electron chi connectivity index (χ1n) is 8.42. The molecule has 7 nitrogen and oxygen atoms in total. The Kier molecular flexibility index (Phi) is 5.09. The van der Waals surface area contributed by atoms with E-state index in [4.69, 9.17) is 0 Å². The molecule has 0 spiro atoms. The summed E-state index contributed by atoms with van der Waals surface area (Å²) in [6.07, 6.45) is 3.04. The monoisotopic (exact) mass is 413 g/mol. The first-order valence-corrected chi connectivity index (χ1v) is 9.40. The van der Waals surface area contributed by atoms with E-state index in [-0.39, 0.29) is 17.3 Å². The lowest BCUT2D eigenvalue weighted by Gasteiger charge is -2.07. The van der Waals surface area contributed by atoms with Crippen LogP contribution in [0, 0.1) is 11.6 Å². The fraction of sp³-hybridized carbons (Fsp3) is 0.0526. The highest BCUT2D eigenvalue weighted by Crippen LogP contribution is 2.17. The second-order valence-electron chi connectivity index (χ2n) is 5.98. The van der Waals surface area contributed by atoms with Gasteiger partial charge in [0.05, 0.1) is 11.4 Å². The van der Waals surface area contributed by atoms with Crippen LogP contribution in [0.2, 0.25) is 0 Å². The quantitative estimate of drug-likeness (QED) is 0.509. The summed E-state index contributed by atoms with van der Waals surface area (Å²) in [4.78, 5) is 24.7. The van der Waals surface area contributed by atoms with Crippen molar-refractivity contribution in [2.75, 3.05) is 11.1 Å². The Morgan fingerprint density at radius 2 is 1.79 bits per heavy atom. The van der Waals surface area contributed by atoms with Crippen LogP contribution in [0.3, 0.4) is 0 Å². The van der Waals surface area contributed by atoms with Gasteiger partial charge in [-0.25, -0.2) is 8.78 Å². The minimum atomic E-state index is -0.471. The topological polar surface area (TPSA) is 81.3 Å². The van der Waals surface area contributed by atoms with Gasteiger partial charge >= 0.3 is 5.56 Å². The summed E-state index contributed by atoms with van der Waals surface area (Å²) in [5, 5.41) is 10.8. The predicted molar refractivity (Wildman–Crippen MR) is 104 cm³/mol. The number of hydrogen-bond acceptors (Lipinski definition) is 5. The maximum atomic E-state index is 13.4. The van der Waals surface area contributed by atoms with Crippen molar-refractivity contribution >= 4 is 29.0 Å². The second kappa shape index (κ2) is 7.84. The van der Waals surface area contributed by atoms with Crippen molar-refractivity contribution in [2.24, 2.45) is 0 Å². The maximum absolute atomic E-state index is 13.4. The molecule has 2 aromatic heterocycles. The molecule has 10 heteroatoms. The third-order valence-electron chi connectivity index (χ3n) is 3.97. The Labute approximate surface area is 167 Å². The van der Waals surface area contributed by atoms with Gasteiger partial charge in [0.1, 0.15) is 11.6 Å². The molecule has 29 heavy (non-hydrogen) atoms. The molecule has 0 radical (unpaired) electrons. The summed E-state index contributed by atoms with van der Waals surface area (Å²) in [6, 6.07) is 11.2. The van der Waals surface area contributed by atoms with Gasteiger partial charge in [0, 0.05) is 18.1 Å². The molecule has 0 bridgehead atoms. The van der Waals surface area contributed by atoms with Crippen molar-refractivity contribution in [1.29, 1.82) is 0 Å². The SMILES string of the molecule is O=C(CSc1nnc2c(=O)n(-c3cccc(F)c3)ccn12)Nc1cccc(F)c1. The van der Waals surface area contributed by atoms with E-state index in [1.807, 2.05) is 0 Å². The Hall–Kier alpha value is -3.53. The molecule has 0 saturated heterocycles. The van der Waals surface area contributed by atoms with Crippen LogP contribution in [0.4, 0.5) is 14.5 Å². The molecule has 0 aliphatic carbocycles. The maximum Gasteiger partial charge on any atom is 0.300 e. The first-order chi connectivity index (χ1) is 14.0. The van der Waals surface area contributed by atoms with Crippen LogP contribution < -0.4 is 10.9 Å². The van der Waals surface area contributed by atoms with E-state index in [0.29, 0.717) is 16.5 Å². The Morgan fingerprint density at radius 3 is 2.55 bits per heavy atom. The van der Waals surface area contributed by atoms with Crippen molar-refractivity contribution in [3.05, 3.63) is 82.9 Å². The molecule has 0 unspecified atom stereocenters. The fourth-order valence-electron chi connectivity index (χ4n) is 2.69. The standard InChI is InChI=1S/C19H13F2N5O2S/c20-12-3-1-5-14(9-12)22-16(27)11-29-19-24-23-17-18(28)25(7-8-26(17)19)15-6-2-4-13(21)10-15/h1-10H,11H2,(H,22,27). The molecular formula is C19H13F2N5O2S. The molecule has 4 aromatic rings. The number of nitrogens with one attached hydrogen (secondary N) is 1. The molecule has 1 N–H and O–H groups in total. The molecule has 1 amide bonds. The second-order valence-corrected chi connectivity index (χ2v) is 6.92. The zero-order valence-electron chi connectivity index (χ0n) is 14.8. The minimum absolute atomic E-state index is 0.00963. The lowest BCUT2D eigenvalue weighted by atomic mass is 10.3. The van der Waals surface area contributed by atoms with Crippen molar-refractivity contribution in [2.45, 2.75) is 5.16 Å². The number of rotatable bonds is 5. The largest absolute Gasteiger partial charge is 0.325 e. The van der Waals surface area contributed by atoms with E-state index >= 15 is 0 Å². The molecule has 0 aliphatic heterocycles. The van der Waals surface area contributed by atoms with Crippen LogP contribution in [0.15, 0.2) is 70.9 Å². The summed E-state index contributed by atoms with van der Waals surface area (Å²) in [5.41, 5.74) is 0.287. The zero-order valence-corrected chi connectivity index (χ0v) is 15.6. The number of nitrogens with zero attached hydrogens (tertiary/aromatic N) is 4. The van der Waals surface area contributed by atoms with Gasteiger partial charge in [-0.05, 0) is 36.4 Å². The van der Waals surface area contributed by atoms with Crippen LogP contribution in [0.25, 0.3) is 11.3 Å². The molecule has 0 saturated carbocycles. The van der Waals surface area contributed by atoms with Crippen LogP contribution in [-0.4, -0.2) is 30.8 Å². The highest BCUT2D eigenvalue weighted by Gasteiger charge is 2.14. The summed E-state index contributed by atoms with van der Waals surface area (Å²) >= 11 is 1.08. The lowest BCUT2D eigenvalue weighted by Crippen LogP contribution is -2.20. The Morgan fingerprint density at radius 1 is 1.03 bits per heavy atom. The molecular weight excluding hydrogens is 400 g/mol. The summed E-state index contributed by atoms with van der Waals surface area (Å²) in [6.45, 7) is 0. The summed E-state index contributed by atoms with van der Waals surface area (Å²) < 4.78 is 29.4. The van der Waals surface area contributed by atoms with E-state index in [1.165, 1.54) is 51.6 Å². The summed E-state index contributed by atoms with van der Waals surface area (Å²) in [5.74, 6) is -1.28. The number of halogens is 2. The number of aromatic nitrogens is 4. The van der Waals surface area contributed by atoms with Crippen LogP contribution in [0.1, 0.15) is 0 Å². The predicted octanol–water partition coefficient (Wildman–Crippen LogP) is 2.89. The average molecular weight is 413 g/mol. The molecule has 4 rings (SSSR count). The van der Waals surface area contributed by atoms with Gasteiger partial charge in [0.15, 0.2) is 5.16 Å². The van der Waals surface area contributed by atoms with E-state index in [0.717, 1.165) is 11.8 Å². The van der Waals surface area contributed by atoms with Gasteiger partial charge in [0.25, 0.3) is 0 Å². The smallest absolute Gasteiger partial charge is 0.300 e. The number of thioether (sulfide) groups is 1. The number of carbonyl (C=O) groups is 1. The molecule has 0 fully saturated rings. The first kappa shape index (κ1) is 18.8. The number of benzene rings is 2. The van der Waals surface area contributed by atoms with Gasteiger partial charge < -0.3 is 5.32 Å². The van der Waals surface area contributed by atoms with Crippen molar-refractivity contribution in [3.8, 4) is 5.69 Å². The van der Waals surface area contributed by atoms with Gasteiger partial charge in [-0.2, -0.15) is 0 Å². The molecule has 2 heterocycles. The van der Waals surface area contributed by atoms with E-state index in [9.17, 15) is 18.4 Å². The van der Waals surface area contributed by atoms with Gasteiger partial charge in [-0.3, -0.25) is 18.6 Å². The van der Waals surface area contributed by atoms with Crippen molar-refractivity contribution in [3.63, 3.8) is 0 Å². The molecule has 0 aliphatic rings. The third-order valence-corrected chi connectivity index (χ3v) is 4.91. The van der Waals surface area contributed by atoms with Crippen LogP contribution in [-0.2, 0) is 4.79 Å². The molecule has 2 aromatic carbocycles. The highest BCUT2D eigenvalue weighted by atomic mass is 32.2. The normalized spacial score (nSPS) is 11.0.